The van der Waals surface area contributed by atoms with Crippen molar-refractivity contribution in [3.8, 4) is 5.88 Å². The van der Waals surface area contributed by atoms with Gasteiger partial charge in [0.05, 0.1) is 18.5 Å². The van der Waals surface area contributed by atoms with Gasteiger partial charge in [-0.05, 0) is 24.8 Å². The summed E-state index contributed by atoms with van der Waals surface area (Å²) in [5.74, 6) is 1.42. The lowest BCUT2D eigenvalue weighted by atomic mass is 10.1. The molecule has 1 aromatic rings. The molecule has 2 N–H and O–H groups in total. The van der Waals surface area contributed by atoms with Crippen LogP contribution in [0.4, 0.5) is 5.69 Å². The first kappa shape index (κ1) is 9.31. The van der Waals surface area contributed by atoms with E-state index in [0.29, 0.717) is 11.6 Å². The Bertz CT molecular complexity index is 278. The summed E-state index contributed by atoms with van der Waals surface area (Å²) in [6.45, 7) is 0.802. The predicted octanol–water partition coefficient (Wildman–Crippen LogP) is 2.23. The third-order valence-electron chi connectivity index (χ3n) is 2.70. The molecule has 3 heteroatoms. The predicted molar refractivity (Wildman–Crippen MR) is 56.1 cm³/mol. The van der Waals surface area contributed by atoms with Crippen LogP contribution in [-0.2, 0) is 0 Å². The molecule has 1 saturated carbocycles. The molecule has 1 fully saturated rings. The molecule has 3 nitrogen and oxygen atoms in total. The van der Waals surface area contributed by atoms with E-state index >= 15 is 0 Å². The largest absolute Gasteiger partial charge is 0.477 e. The second-order valence-electron chi connectivity index (χ2n) is 3.89. The Morgan fingerprint density at radius 2 is 2.14 bits per heavy atom. The van der Waals surface area contributed by atoms with Gasteiger partial charge in [0, 0.05) is 6.07 Å². The molecule has 14 heavy (non-hydrogen) atoms. The highest BCUT2D eigenvalue weighted by Gasteiger charge is 2.15. The maximum atomic E-state index is 5.58. The zero-order valence-electron chi connectivity index (χ0n) is 8.28. The van der Waals surface area contributed by atoms with Crippen molar-refractivity contribution >= 4 is 5.69 Å². The van der Waals surface area contributed by atoms with Gasteiger partial charge in [0.15, 0.2) is 0 Å². The molecular formula is C11H16N2O. The highest BCUT2D eigenvalue weighted by molar-refractivity contribution is 5.35. The molecule has 2 rings (SSSR count). The van der Waals surface area contributed by atoms with Gasteiger partial charge in [0.1, 0.15) is 0 Å². The van der Waals surface area contributed by atoms with Crippen molar-refractivity contribution in [2.75, 3.05) is 12.3 Å². The Morgan fingerprint density at radius 3 is 2.79 bits per heavy atom. The van der Waals surface area contributed by atoms with E-state index in [-0.39, 0.29) is 0 Å². The number of hydrogen-bond acceptors (Lipinski definition) is 3. The molecule has 0 radical (unpaired) electrons. The average Bonchev–Trinajstić information content (AvgIpc) is 2.70. The summed E-state index contributed by atoms with van der Waals surface area (Å²) in [7, 11) is 0. The van der Waals surface area contributed by atoms with Crippen molar-refractivity contribution in [3.63, 3.8) is 0 Å². The molecule has 0 atom stereocenters. The third kappa shape index (κ3) is 2.37. The number of pyridine rings is 1. The lowest BCUT2D eigenvalue weighted by Gasteiger charge is -2.10. The van der Waals surface area contributed by atoms with Crippen LogP contribution in [0.1, 0.15) is 25.7 Å². The van der Waals surface area contributed by atoms with Gasteiger partial charge >= 0.3 is 0 Å². The SMILES string of the molecule is Nc1ccc(OCC2CCCC2)nc1. The van der Waals surface area contributed by atoms with Gasteiger partial charge in [-0.15, -0.1) is 0 Å². The molecule has 0 aliphatic heterocycles. The molecule has 0 spiro atoms. The average molecular weight is 192 g/mol. The second-order valence-corrected chi connectivity index (χ2v) is 3.89. The van der Waals surface area contributed by atoms with Gasteiger partial charge < -0.3 is 10.5 Å². The van der Waals surface area contributed by atoms with Gasteiger partial charge in [-0.2, -0.15) is 0 Å². The number of nitrogen functional groups attached to an aromatic ring is 1. The van der Waals surface area contributed by atoms with Crippen LogP contribution >= 0.6 is 0 Å². The maximum absolute atomic E-state index is 5.58. The molecule has 1 aliphatic rings. The second kappa shape index (κ2) is 4.31. The number of hydrogen-bond donors (Lipinski definition) is 1. The minimum absolute atomic E-state index is 0.679. The van der Waals surface area contributed by atoms with Crippen LogP contribution in [0.3, 0.4) is 0 Å². The molecule has 0 unspecified atom stereocenters. The number of ether oxygens (including phenoxy) is 1. The van der Waals surface area contributed by atoms with Crippen LogP contribution in [0.15, 0.2) is 18.3 Å². The van der Waals surface area contributed by atoms with E-state index in [2.05, 4.69) is 4.98 Å². The number of nitrogens with two attached hydrogens (primary N) is 1. The zero-order valence-corrected chi connectivity index (χ0v) is 8.28. The normalized spacial score (nSPS) is 17.1. The summed E-state index contributed by atoms with van der Waals surface area (Å²) in [5.41, 5.74) is 6.21. The molecule has 0 saturated heterocycles. The minimum Gasteiger partial charge on any atom is -0.477 e. The topological polar surface area (TPSA) is 48.1 Å². The van der Waals surface area contributed by atoms with Gasteiger partial charge in [-0.3, -0.25) is 0 Å². The van der Waals surface area contributed by atoms with Crippen molar-refractivity contribution < 1.29 is 4.74 Å². The number of anilines is 1. The summed E-state index contributed by atoms with van der Waals surface area (Å²) in [5, 5.41) is 0. The van der Waals surface area contributed by atoms with Crippen LogP contribution in [-0.4, -0.2) is 11.6 Å². The fourth-order valence-electron chi connectivity index (χ4n) is 1.86. The van der Waals surface area contributed by atoms with Crippen molar-refractivity contribution in [2.45, 2.75) is 25.7 Å². The lowest BCUT2D eigenvalue weighted by molar-refractivity contribution is 0.243. The van der Waals surface area contributed by atoms with Crippen LogP contribution in [0, 0.1) is 5.92 Å². The Labute approximate surface area is 84.3 Å². The minimum atomic E-state index is 0.679. The summed E-state index contributed by atoms with van der Waals surface area (Å²) in [4.78, 5) is 4.09. The quantitative estimate of drug-likeness (QED) is 0.798. The van der Waals surface area contributed by atoms with E-state index in [4.69, 9.17) is 10.5 Å². The zero-order chi connectivity index (χ0) is 9.80. The van der Waals surface area contributed by atoms with Gasteiger partial charge in [0.2, 0.25) is 5.88 Å². The molecule has 76 valence electrons. The first-order chi connectivity index (χ1) is 6.84. The standard InChI is InChI=1S/C11H16N2O/c12-10-5-6-11(13-7-10)14-8-9-3-1-2-4-9/h5-7,9H,1-4,8,12H2. The monoisotopic (exact) mass is 192 g/mol. The van der Waals surface area contributed by atoms with Crippen molar-refractivity contribution in [1.29, 1.82) is 0 Å². The van der Waals surface area contributed by atoms with Crippen LogP contribution in [0.5, 0.6) is 5.88 Å². The lowest BCUT2D eigenvalue weighted by Crippen LogP contribution is -2.08. The summed E-state index contributed by atoms with van der Waals surface area (Å²) < 4.78 is 5.58. The van der Waals surface area contributed by atoms with Crippen molar-refractivity contribution in [1.82, 2.24) is 4.98 Å². The van der Waals surface area contributed by atoms with Crippen LogP contribution in [0.2, 0.25) is 0 Å². The molecule has 0 aromatic carbocycles. The molecule has 0 bridgehead atoms. The Kier molecular flexibility index (Phi) is 2.87. The molecule has 0 amide bonds. The van der Waals surface area contributed by atoms with Crippen LogP contribution < -0.4 is 10.5 Å². The van der Waals surface area contributed by atoms with Crippen molar-refractivity contribution in [2.24, 2.45) is 5.92 Å². The van der Waals surface area contributed by atoms with Gasteiger partial charge in [-0.1, -0.05) is 12.8 Å². The fourth-order valence-corrected chi connectivity index (χ4v) is 1.86. The Hall–Kier alpha value is -1.25. The number of rotatable bonds is 3. The summed E-state index contributed by atoms with van der Waals surface area (Å²) >= 11 is 0. The summed E-state index contributed by atoms with van der Waals surface area (Å²) in [6, 6.07) is 3.64. The Morgan fingerprint density at radius 1 is 1.36 bits per heavy atom. The van der Waals surface area contributed by atoms with E-state index in [9.17, 15) is 0 Å². The number of aromatic nitrogens is 1. The van der Waals surface area contributed by atoms with E-state index in [1.165, 1.54) is 25.7 Å². The molecule has 1 heterocycles. The van der Waals surface area contributed by atoms with E-state index in [0.717, 1.165) is 12.5 Å². The van der Waals surface area contributed by atoms with Crippen LogP contribution in [0.25, 0.3) is 0 Å². The fraction of sp³-hybridized carbons (Fsp3) is 0.545. The van der Waals surface area contributed by atoms with E-state index in [1.54, 1.807) is 6.20 Å². The highest BCUT2D eigenvalue weighted by atomic mass is 16.5. The Balaban J connectivity index is 1.82. The summed E-state index contributed by atoms with van der Waals surface area (Å²) in [6.07, 6.45) is 6.93. The smallest absolute Gasteiger partial charge is 0.213 e. The van der Waals surface area contributed by atoms with E-state index < -0.39 is 0 Å². The van der Waals surface area contributed by atoms with E-state index in [1.807, 2.05) is 12.1 Å². The third-order valence-corrected chi connectivity index (χ3v) is 2.70. The molecular weight excluding hydrogens is 176 g/mol. The molecule has 1 aliphatic carbocycles. The maximum Gasteiger partial charge on any atom is 0.213 e. The first-order valence-electron chi connectivity index (χ1n) is 5.19. The van der Waals surface area contributed by atoms with Gasteiger partial charge in [0.25, 0.3) is 0 Å². The highest BCUT2D eigenvalue weighted by Crippen LogP contribution is 2.25. The van der Waals surface area contributed by atoms with Crippen molar-refractivity contribution in [3.05, 3.63) is 18.3 Å². The van der Waals surface area contributed by atoms with Gasteiger partial charge in [-0.25, -0.2) is 4.98 Å². The molecule has 1 aromatic heterocycles. The number of nitrogens with zero attached hydrogens (tertiary/aromatic N) is 1. The first-order valence-corrected chi connectivity index (χ1v) is 5.19.